The molecule has 0 radical (unpaired) electrons. The Hall–Kier alpha value is -1.75. The van der Waals surface area contributed by atoms with Gasteiger partial charge in [-0.15, -0.1) is 0 Å². The van der Waals surface area contributed by atoms with E-state index in [9.17, 15) is 0 Å². The molecule has 2 aromatic rings. The summed E-state index contributed by atoms with van der Waals surface area (Å²) in [6.45, 7) is 1.99. The van der Waals surface area contributed by atoms with Gasteiger partial charge in [-0.25, -0.2) is 14.5 Å². The topological polar surface area (TPSA) is 68.6 Å². The predicted molar refractivity (Wildman–Crippen MR) is 52.8 cm³/mol. The minimum absolute atomic E-state index is 0.141. The van der Waals surface area contributed by atoms with E-state index in [2.05, 4.69) is 15.1 Å². The molecule has 14 heavy (non-hydrogen) atoms. The Labute approximate surface area is 80.3 Å². The average molecular weight is 187 g/mol. The fraction of sp³-hybridized carbons (Fsp3) is 0.222. The van der Waals surface area contributed by atoms with Crippen LogP contribution in [-0.4, -0.2) is 20.8 Å². The van der Waals surface area contributed by atoms with Crippen LogP contribution in [0.3, 0.4) is 0 Å². The molecule has 0 aliphatic carbocycles. The summed E-state index contributed by atoms with van der Waals surface area (Å²) < 4.78 is 1.83. The molecule has 3 heterocycles. The Balaban J connectivity index is 2.52. The third kappa shape index (κ3) is 0.793. The van der Waals surface area contributed by atoms with E-state index in [0.29, 0.717) is 5.82 Å². The van der Waals surface area contributed by atoms with Gasteiger partial charge in [-0.3, -0.25) is 0 Å². The number of aromatic nitrogens is 3. The van der Waals surface area contributed by atoms with Crippen LogP contribution in [0.15, 0.2) is 17.4 Å². The largest absolute Gasteiger partial charge is 0.319 e. The van der Waals surface area contributed by atoms with Crippen molar-refractivity contribution in [3.8, 4) is 0 Å². The molecule has 5 heteroatoms. The molecule has 1 aliphatic heterocycles. The van der Waals surface area contributed by atoms with Crippen LogP contribution in [0.1, 0.15) is 17.3 Å². The van der Waals surface area contributed by atoms with Crippen LogP contribution in [-0.2, 0) is 0 Å². The number of hydrogen-bond acceptors (Lipinski definition) is 4. The summed E-state index contributed by atoms with van der Waals surface area (Å²) in [7, 11) is 0. The fourth-order valence-corrected chi connectivity index (χ4v) is 1.80. The Morgan fingerprint density at radius 3 is 3.21 bits per heavy atom. The first-order chi connectivity index (χ1) is 6.77. The van der Waals surface area contributed by atoms with Crippen LogP contribution in [0.25, 0.3) is 5.52 Å². The lowest BCUT2D eigenvalue weighted by molar-refractivity contribution is 0.863. The molecule has 3 rings (SSSR count). The summed E-state index contributed by atoms with van der Waals surface area (Å²) in [5.41, 5.74) is 8.93. The minimum Gasteiger partial charge on any atom is -0.319 e. The van der Waals surface area contributed by atoms with Gasteiger partial charge in [-0.2, -0.15) is 5.10 Å². The molecule has 1 unspecified atom stereocenters. The van der Waals surface area contributed by atoms with E-state index in [4.69, 9.17) is 5.73 Å². The number of aliphatic imine (C=N–C) groups is 1. The maximum absolute atomic E-state index is 5.90. The van der Waals surface area contributed by atoms with Crippen molar-refractivity contribution < 1.29 is 0 Å². The molecule has 5 nitrogen and oxygen atoms in total. The first-order valence-electron chi connectivity index (χ1n) is 4.40. The third-order valence-corrected chi connectivity index (χ3v) is 2.46. The second-order valence-corrected chi connectivity index (χ2v) is 3.39. The summed E-state index contributed by atoms with van der Waals surface area (Å²) in [6, 6.07) is 1.89. The fourth-order valence-electron chi connectivity index (χ4n) is 1.80. The summed E-state index contributed by atoms with van der Waals surface area (Å²) in [5.74, 6) is 0.699. The number of rotatable bonds is 0. The van der Waals surface area contributed by atoms with Gasteiger partial charge in [-0.1, -0.05) is 0 Å². The van der Waals surface area contributed by atoms with Crippen molar-refractivity contribution in [3.63, 3.8) is 0 Å². The molecule has 0 bridgehead atoms. The predicted octanol–water partition coefficient (Wildman–Crippen LogP) is 0.753. The van der Waals surface area contributed by atoms with E-state index in [1.807, 2.05) is 17.5 Å². The molecular weight excluding hydrogens is 178 g/mol. The van der Waals surface area contributed by atoms with Gasteiger partial charge in [0.05, 0.1) is 6.04 Å². The van der Waals surface area contributed by atoms with E-state index in [1.165, 1.54) is 6.33 Å². The Kier molecular flexibility index (Phi) is 1.30. The van der Waals surface area contributed by atoms with Crippen LogP contribution in [0.4, 0.5) is 5.82 Å². The minimum atomic E-state index is -0.141. The van der Waals surface area contributed by atoms with E-state index in [1.54, 1.807) is 6.21 Å². The van der Waals surface area contributed by atoms with Crippen LogP contribution in [0, 0.1) is 6.92 Å². The number of aryl methyl sites for hydroxylation is 1. The highest BCUT2D eigenvalue weighted by Crippen LogP contribution is 2.30. The third-order valence-electron chi connectivity index (χ3n) is 2.46. The summed E-state index contributed by atoms with van der Waals surface area (Å²) in [5, 5.41) is 4.15. The first-order valence-corrected chi connectivity index (χ1v) is 4.40. The zero-order valence-corrected chi connectivity index (χ0v) is 7.68. The molecule has 1 atom stereocenters. The quantitative estimate of drug-likeness (QED) is 0.661. The van der Waals surface area contributed by atoms with Gasteiger partial charge in [0, 0.05) is 17.5 Å². The van der Waals surface area contributed by atoms with Gasteiger partial charge in [0.1, 0.15) is 11.8 Å². The van der Waals surface area contributed by atoms with Crippen LogP contribution < -0.4 is 5.73 Å². The number of nitrogens with zero attached hydrogens (tertiary/aromatic N) is 4. The summed E-state index contributed by atoms with van der Waals surface area (Å²) in [4.78, 5) is 8.28. The summed E-state index contributed by atoms with van der Waals surface area (Å²) in [6.07, 6.45) is 3.22. The van der Waals surface area contributed by atoms with Crippen molar-refractivity contribution >= 4 is 17.5 Å². The lowest BCUT2D eigenvalue weighted by Crippen LogP contribution is -2.14. The van der Waals surface area contributed by atoms with Gasteiger partial charge in [0.25, 0.3) is 0 Å². The van der Waals surface area contributed by atoms with Gasteiger partial charge < -0.3 is 5.73 Å². The highest BCUT2D eigenvalue weighted by molar-refractivity contribution is 5.86. The van der Waals surface area contributed by atoms with Gasteiger partial charge in [0.2, 0.25) is 0 Å². The van der Waals surface area contributed by atoms with Crippen molar-refractivity contribution in [1.29, 1.82) is 0 Å². The SMILES string of the molecule is Cc1cc2c3c(ncnn13)N=CC2N. The maximum Gasteiger partial charge on any atom is 0.179 e. The zero-order chi connectivity index (χ0) is 9.71. The molecule has 0 amide bonds. The average Bonchev–Trinajstić information content (AvgIpc) is 2.53. The number of hydrogen-bond donors (Lipinski definition) is 1. The monoisotopic (exact) mass is 187 g/mol. The van der Waals surface area contributed by atoms with Crippen LogP contribution >= 0.6 is 0 Å². The highest BCUT2D eigenvalue weighted by Gasteiger charge is 2.19. The second kappa shape index (κ2) is 2.39. The van der Waals surface area contributed by atoms with Crippen molar-refractivity contribution in [2.45, 2.75) is 13.0 Å². The Morgan fingerprint density at radius 2 is 2.36 bits per heavy atom. The molecule has 0 saturated carbocycles. The molecule has 0 fully saturated rings. The molecule has 0 spiro atoms. The molecule has 2 aromatic heterocycles. The van der Waals surface area contributed by atoms with Crippen molar-refractivity contribution in [2.24, 2.45) is 10.7 Å². The zero-order valence-electron chi connectivity index (χ0n) is 7.68. The summed E-state index contributed by atoms with van der Waals surface area (Å²) >= 11 is 0. The van der Waals surface area contributed by atoms with E-state index >= 15 is 0 Å². The molecule has 1 aliphatic rings. The van der Waals surface area contributed by atoms with E-state index in [-0.39, 0.29) is 6.04 Å². The first kappa shape index (κ1) is 7.64. The van der Waals surface area contributed by atoms with Crippen LogP contribution in [0.2, 0.25) is 0 Å². The molecule has 0 aromatic carbocycles. The lowest BCUT2D eigenvalue weighted by atomic mass is 10.1. The Morgan fingerprint density at radius 1 is 1.50 bits per heavy atom. The van der Waals surface area contributed by atoms with Crippen molar-refractivity contribution in [2.75, 3.05) is 0 Å². The van der Waals surface area contributed by atoms with Crippen molar-refractivity contribution in [1.82, 2.24) is 14.6 Å². The molecule has 0 saturated heterocycles. The molecular formula is C9H9N5. The highest BCUT2D eigenvalue weighted by atomic mass is 15.3. The smallest absolute Gasteiger partial charge is 0.179 e. The van der Waals surface area contributed by atoms with Crippen molar-refractivity contribution in [3.05, 3.63) is 23.7 Å². The lowest BCUT2D eigenvalue weighted by Gasteiger charge is -2.10. The van der Waals surface area contributed by atoms with Gasteiger partial charge >= 0.3 is 0 Å². The Bertz CT molecular complexity index is 539. The maximum atomic E-state index is 5.90. The number of nitrogens with two attached hydrogens (primary N) is 1. The molecule has 70 valence electrons. The second-order valence-electron chi connectivity index (χ2n) is 3.39. The van der Waals surface area contributed by atoms with Crippen LogP contribution in [0.5, 0.6) is 0 Å². The standard InChI is InChI=1S/C9H9N5/c1-5-2-6-7(10)3-11-9-8(6)14(5)13-4-12-9/h2-4,7H,10H2,1H3. The van der Waals surface area contributed by atoms with Gasteiger partial charge in [0.15, 0.2) is 5.82 Å². The normalized spacial score (nSPS) is 19.1. The van der Waals surface area contributed by atoms with E-state index in [0.717, 1.165) is 16.8 Å². The van der Waals surface area contributed by atoms with Gasteiger partial charge in [-0.05, 0) is 13.0 Å². The van der Waals surface area contributed by atoms with E-state index < -0.39 is 0 Å². The molecule has 2 N–H and O–H groups in total.